The van der Waals surface area contributed by atoms with Gasteiger partial charge in [-0.2, -0.15) is 0 Å². The fourth-order valence-electron chi connectivity index (χ4n) is 0.372. The topological polar surface area (TPSA) is 103 Å². The van der Waals surface area contributed by atoms with Crippen LogP contribution in [0.5, 0.6) is 0 Å². The van der Waals surface area contributed by atoms with Gasteiger partial charge in [-0.1, -0.05) is 6.42 Å². The van der Waals surface area contributed by atoms with Crippen LogP contribution in [-0.4, -0.2) is 18.0 Å². The molecule has 1 radical (unpaired) electrons. The summed E-state index contributed by atoms with van der Waals surface area (Å²) in [6, 6.07) is -1.71. The summed E-state index contributed by atoms with van der Waals surface area (Å²) in [4.78, 5) is 19.4. The first-order valence-electron chi connectivity index (χ1n) is 2.63. The van der Waals surface area contributed by atoms with Crippen LogP contribution in [0.4, 0.5) is 0 Å². The van der Waals surface area contributed by atoms with Crippen LogP contribution in [-0.2, 0) is 26.4 Å². The Morgan fingerprint density at radius 1 is 1.36 bits per heavy atom. The Hall–Kier alpha value is -0.594. The summed E-state index contributed by atoms with van der Waals surface area (Å²) in [5.74, 6) is -3.05. The molecule has 0 aliphatic rings. The molecule has 0 N–H and O–H groups in total. The first-order chi connectivity index (χ1) is 4.54. The van der Waals surface area contributed by atoms with Crippen LogP contribution in [0.15, 0.2) is 0 Å². The van der Waals surface area contributed by atoms with E-state index in [1.807, 2.05) is 0 Å². The Balaban J connectivity index is 0. The summed E-state index contributed by atoms with van der Waals surface area (Å²) < 4.78 is 0. The van der Waals surface area contributed by atoms with Gasteiger partial charge in [0.2, 0.25) is 0 Å². The molecule has 11 heavy (non-hydrogen) atoms. The van der Waals surface area contributed by atoms with Crippen LogP contribution in [0, 0.1) is 0 Å². The molecular weight excluding hydrogens is 197 g/mol. The quantitative estimate of drug-likeness (QED) is 0.501. The SMILES string of the molecule is [Co+3].[N-][C@@H](CCC(=O)[O-])C(=O)[O-]. The van der Waals surface area contributed by atoms with E-state index in [1.165, 1.54) is 0 Å². The molecule has 1 atom stereocenters. The maximum absolute atomic E-state index is 9.74. The average molecular weight is 202 g/mol. The maximum Gasteiger partial charge on any atom is 3.00 e. The molecule has 0 saturated carbocycles. The largest absolute Gasteiger partial charge is 3.00 e. The zero-order valence-corrected chi connectivity index (χ0v) is 6.45. The van der Waals surface area contributed by atoms with Crippen LogP contribution in [0.25, 0.3) is 5.73 Å². The van der Waals surface area contributed by atoms with E-state index in [0.29, 0.717) is 0 Å². The number of carbonyl (C=O) groups is 2. The molecule has 0 spiro atoms. The summed E-state index contributed by atoms with van der Waals surface area (Å²) in [6.07, 6.45) is -0.847. The molecule has 0 aromatic carbocycles. The molecule has 6 heteroatoms. The fourth-order valence-corrected chi connectivity index (χ4v) is 0.372. The van der Waals surface area contributed by atoms with E-state index in [9.17, 15) is 19.8 Å². The minimum Gasteiger partial charge on any atom is -0.800 e. The Morgan fingerprint density at radius 3 is 2.09 bits per heavy atom. The van der Waals surface area contributed by atoms with Crippen molar-refractivity contribution >= 4 is 11.9 Å². The van der Waals surface area contributed by atoms with Crippen molar-refractivity contribution in [1.29, 1.82) is 0 Å². The van der Waals surface area contributed by atoms with Gasteiger partial charge in [0.25, 0.3) is 0 Å². The first-order valence-corrected chi connectivity index (χ1v) is 2.63. The van der Waals surface area contributed by atoms with Crippen molar-refractivity contribution < 1.29 is 36.6 Å². The third-order valence-corrected chi connectivity index (χ3v) is 0.894. The number of hydrogen-bond acceptors (Lipinski definition) is 4. The van der Waals surface area contributed by atoms with Crippen LogP contribution < -0.4 is 10.2 Å². The number of carboxylic acids is 2. The van der Waals surface area contributed by atoms with Gasteiger partial charge in [-0.05, 0) is 6.42 Å². The molecule has 0 aromatic rings. The molecule has 0 aromatic heterocycles. The standard InChI is InChI=1S/C5H7NO4.Co/c6-3(5(9)10)1-2-4(7)8;/h3H,1-2H2,(H,7,8)(H,9,10);/q-1;+3/p-2/t3-;/m0./s1. The van der Waals surface area contributed by atoms with E-state index in [1.54, 1.807) is 0 Å². The molecule has 63 valence electrons. The Morgan fingerprint density at radius 2 is 1.82 bits per heavy atom. The van der Waals surface area contributed by atoms with E-state index >= 15 is 0 Å². The van der Waals surface area contributed by atoms with E-state index in [-0.39, 0.29) is 23.2 Å². The van der Waals surface area contributed by atoms with Crippen LogP contribution in [0.1, 0.15) is 12.8 Å². The normalized spacial score (nSPS) is 11.4. The van der Waals surface area contributed by atoms with E-state index in [2.05, 4.69) is 0 Å². The fraction of sp³-hybridized carbons (Fsp3) is 0.600. The second kappa shape index (κ2) is 6.14. The predicted molar refractivity (Wildman–Crippen MR) is 26.4 cm³/mol. The van der Waals surface area contributed by atoms with Gasteiger partial charge in [-0.3, -0.25) is 0 Å². The second-order valence-corrected chi connectivity index (χ2v) is 1.75. The molecule has 0 bridgehead atoms. The van der Waals surface area contributed by atoms with Crippen molar-refractivity contribution in [3.8, 4) is 0 Å². The number of hydrogen-bond donors (Lipinski definition) is 0. The van der Waals surface area contributed by atoms with Gasteiger partial charge in [0.15, 0.2) is 0 Å². The maximum atomic E-state index is 9.74. The zero-order valence-electron chi connectivity index (χ0n) is 5.41. The molecule has 0 unspecified atom stereocenters. The molecule has 0 rings (SSSR count). The number of carbonyl (C=O) groups excluding carboxylic acids is 2. The summed E-state index contributed by atoms with van der Waals surface area (Å²) in [5, 5.41) is 19.4. The van der Waals surface area contributed by atoms with Crippen LogP contribution >= 0.6 is 0 Å². The van der Waals surface area contributed by atoms with Gasteiger partial charge in [0.1, 0.15) is 0 Å². The molecule has 5 nitrogen and oxygen atoms in total. The third-order valence-electron chi connectivity index (χ3n) is 0.894. The van der Waals surface area contributed by atoms with Crippen molar-refractivity contribution in [1.82, 2.24) is 0 Å². The summed E-state index contributed by atoms with van der Waals surface area (Å²) in [5.41, 5.74) is 8.42. The van der Waals surface area contributed by atoms with Crippen molar-refractivity contribution in [2.45, 2.75) is 18.9 Å². The van der Waals surface area contributed by atoms with Crippen molar-refractivity contribution in [2.24, 2.45) is 0 Å². The van der Waals surface area contributed by atoms with Crippen molar-refractivity contribution in [3.63, 3.8) is 0 Å². The molecular formula is C5H5CoNO4. The van der Waals surface area contributed by atoms with Gasteiger partial charge in [-0.25, -0.2) is 0 Å². The smallest absolute Gasteiger partial charge is 0.800 e. The van der Waals surface area contributed by atoms with Crippen LogP contribution in [0.3, 0.4) is 0 Å². The molecule has 0 fully saturated rings. The minimum absolute atomic E-state index is 0. The van der Waals surface area contributed by atoms with Crippen molar-refractivity contribution in [3.05, 3.63) is 5.73 Å². The molecule has 0 heterocycles. The van der Waals surface area contributed by atoms with Gasteiger partial charge in [0.05, 0.1) is 0 Å². The minimum atomic E-state index is -1.71. The van der Waals surface area contributed by atoms with Gasteiger partial charge in [-0.15, -0.1) is 6.04 Å². The van der Waals surface area contributed by atoms with E-state index in [4.69, 9.17) is 5.73 Å². The molecule has 0 aliphatic heterocycles. The van der Waals surface area contributed by atoms with Gasteiger partial charge in [0, 0.05) is 11.9 Å². The van der Waals surface area contributed by atoms with Gasteiger partial charge >= 0.3 is 16.8 Å². The first kappa shape index (κ1) is 13.0. The Bertz CT molecular complexity index is 149. The average Bonchev–Trinajstić information content (AvgIpc) is 1.82. The van der Waals surface area contributed by atoms with Crippen LogP contribution in [0.2, 0.25) is 0 Å². The summed E-state index contributed by atoms with van der Waals surface area (Å²) in [6.45, 7) is 0. The van der Waals surface area contributed by atoms with Crippen molar-refractivity contribution in [2.75, 3.05) is 0 Å². The number of nitrogens with zero attached hydrogens (tertiary/aromatic N) is 1. The molecule has 0 saturated heterocycles. The van der Waals surface area contributed by atoms with E-state index in [0.717, 1.165) is 0 Å². The zero-order chi connectivity index (χ0) is 8.15. The number of rotatable bonds is 4. The van der Waals surface area contributed by atoms with E-state index < -0.39 is 24.4 Å². The monoisotopic (exact) mass is 202 g/mol. The third kappa shape index (κ3) is 7.30. The summed E-state index contributed by atoms with van der Waals surface area (Å²) in [7, 11) is 0. The number of carboxylic acid groups (broad SMARTS) is 2. The summed E-state index contributed by atoms with van der Waals surface area (Å²) >= 11 is 0. The predicted octanol–water partition coefficient (Wildman–Crippen LogP) is -2.53. The second-order valence-electron chi connectivity index (χ2n) is 1.75. The molecule has 0 aliphatic carbocycles. The Kier molecular flexibility index (Phi) is 7.27. The number of aliphatic carboxylic acids is 2. The molecule has 0 amide bonds. The Labute approximate surface area is 73.8 Å². The van der Waals surface area contributed by atoms with Gasteiger partial charge < -0.3 is 25.5 Å².